The predicted octanol–water partition coefficient (Wildman–Crippen LogP) is 5.62. The van der Waals surface area contributed by atoms with Gasteiger partial charge in [-0.1, -0.05) is 51.4 Å². The maximum absolute atomic E-state index is 13.3. The quantitative estimate of drug-likeness (QED) is 0.496. The molecule has 0 spiro atoms. The second kappa shape index (κ2) is 8.34. The van der Waals surface area contributed by atoms with Crippen molar-refractivity contribution < 1.29 is 9.53 Å². The number of amides is 1. The molecule has 1 aromatic heterocycles. The van der Waals surface area contributed by atoms with Crippen molar-refractivity contribution in [2.45, 2.75) is 23.2 Å². The molecule has 2 N–H and O–H groups in total. The minimum Gasteiger partial charge on any atom is -0.497 e. The van der Waals surface area contributed by atoms with Gasteiger partial charge in [-0.15, -0.1) is 0 Å². The van der Waals surface area contributed by atoms with Crippen molar-refractivity contribution in [3.63, 3.8) is 0 Å². The Bertz CT molecular complexity index is 1050. The number of benzene rings is 2. The topological polar surface area (TPSA) is 55.3 Å². The van der Waals surface area contributed by atoms with Crippen molar-refractivity contribution in [3.8, 4) is 5.75 Å². The highest BCUT2D eigenvalue weighted by Crippen LogP contribution is 2.39. The number of aromatic nitrogens is 1. The fraction of sp³-hybridized carbons (Fsp3) is 0.190. The Hall–Kier alpha value is -2.09. The summed E-state index contributed by atoms with van der Waals surface area (Å²) in [7, 11) is 1.64. The summed E-state index contributed by atoms with van der Waals surface area (Å²) in [6, 6.07) is 17.0. The standard InChI is InChI=1S/C21H19BrClN3O2S/c1-12-3-10-18-26(12)25-19(13-4-7-15(28-2)8-5-13)20(29-18)21(27)24-17-9-6-14(22)11-16(17)23/h3-11,19-20,25H,1-2H3,(H,24,27)/t19-,20-/m1/s1. The molecule has 1 aliphatic rings. The second-order valence-corrected chi connectivity index (χ2v) is 9.16. The molecule has 1 amide bonds. The van der Waals surface area contributed by atoms with Crippen molar-refractivity contribution in [2.75, 3.05) is 17.9 Å². The molecule has 0 aliphatic carbocycles. The summed E-state index contributed by atoms with van der Waals surface area (Å²) in [6.07, 6.45) is 0. The summed E-state index contributed by atoms with van der Waals surface area (Å²) in [6.45, 7) is 2.03. The summed E-state index contributed by atoms with van der Waals surface area (Å²) in [5, 5.41) is 4.08. The first kappa shape index (κ1) is 20.2. The minimum absolute atomic E-state index is 0.113. The second-order valence-electron chi connectivity index (χ2n) is 6.68. The van der Waals surface area contributed by atoms with Crippen LogP contribution >= 0.6 is 39.3 Å². The number of nitrogens with one attached hydrogen (secondary N) is 2. The van der Waals surface area contributed by atoms with Gasteiger partial charge in [0.25, 0.3) is 0 Å². The molecule has 3 aromatic rings. The normalized spacial score (nSPS) is 17.9. The maximum atomic E-state index is 13.3. The van der Waals surface area contributed by atoms with E-state index in [4.69, 9.17) is 16.3 Å². The summed E-state index contributed by atoms with van der Waals surface area (Å²) >= 11 is 11.2. The van der Waals surface area contributed by atoms with Crippen LogP contribution in [0.1, 0.15) is 17.3 Å². The number of halogens is 2. The van der Waals surface area contributed by atoms with E-state index >= 15 is 0 Å². The lowest BCUT2D eigenvalue weighted by Gasteiger charge is -2.34. The number of hydrogen-bond acceptors (Lipinski definition) is 4. The van der Waals surface area contributed by atoms with Crippen molar-refractivity contribution >= 4 is 50.9 Å². The zero-order valence-electron chi connectivity index (χ0n) is 15.8. The van der Waals surface area contributed by atoms with Crippen molar-refractivity contribution in [1.82, 2.24) is 4.68 Å². The Kier molecular flexibility index (Phi) is 5.81. The number of hydrogen-bond donors (Lipinski definition) is 2. The summed E-state index contributed by atoms with van der Waals surface area (Å²) in [5.41, 5.74) is 6.17. The highest BCUT2D eigenvalue weighted by atomic mass is 79.9. The molecule has 0 fully saturated rings. The Morgan fingerprint density at radius 1 is 1.21 bits per heavy atom. The van der Waals surface area contributed by atoms with E-state index in [2.05, 4.69) is 26.7 Å². The largest absolute Gasteiger partial charge is 0.497 e. The number of thioether (sulfide) groups is 1. The number of fused-ring (bicyclic) bond motifs is 1. The van der Waals surface area contributed by atoms with Gasteiger partial charge in [0.15, 0.2) is 0 Å². The summed E-state index contributed by atoms with van der Waals surface area (Å²) in [5.74, 6) is 0.662. The van der Waals surface area contributed by atoms with E-state index in [0.717, 1.165) is 26.5 Å². The third kappa shape index (κ3) is 4.13. The predicted molar refractivity (Wildman–Crippen MR) is 122 cm³/mol. The van der Waals surface area contributed by atoms with Gasteiger partial charge in [-0.05, 0) is 55.0 Å². The first-order valence-corrected chi connectivity index (χ1v) is 11.0. The molecule has 5 nitrogen and oxygen atoms in total. The van der Waals surface area contributed by atoms with E-state index in [9.17, 15) is 4.79 Å². The fourth-order valence-electron chi connectivity index (χ4n) is 3.24. The molecule has 8 heteroatoms. The number of carbonyl (C=O) groups excluding carboxylic acids is 1. The van der Waals surface area contributed by atoms with Crippen LogP contribution in [-0.4, -0.2) is 22.9 Å². The molecule has 2 atom stereocenters. The van der Waals surface area contributed by atoms with Gasteiger partial charge in [0.1, 0.15) is 11.0 Å². The highest BCUT2D eigenvalue weighted by molar-refractivity contribution is 9.10. The third-order valence-corrected chi connectivity index (χ3v) is 6.89. The van der Waals surface area contributed by atoms with Gasteiger partial charge in [0.05, 0.1) is 28.9 Å². The van der Waals surface area contributed by atoms with E-state index in [1.54, 1.807) is 19.2 Å². The van der Waals surface area contributed by atoms with E-state index in [1.807, 2.05) is 54.1 Å². The first-order valence-electron chi connectivity index (χ1n) is 8.97. The number of aryl methyl sites for hydroxylation is 1. The molecule has 4 rings (SSSR count). The Balaban J connectivity index is 1.66. The van der Waals surface area contributed by atoms with Crippen LogP contribution in [0.2, 0.25) is 5.02 Å². The van der Waals surface area contributed by atoms with Crippen LogP contribution < -0.4 is 15.5 Å². The average molecular weight is 493 g/mol. The van der Waals surface area contributed by atoms with Crippen LogP contribution in [-0.2, 0) is 4.79 Å². The molecule has 0 saturated heterocycles. The molecule has 0 radical (unpaired) electrons. The lowest BCUT2D eigenvalue weighted by molar-refractivity contribution is -0.116. The van der Waals surface area contributed by atoms with Gasteiger partial charge in [-0.25, -0.2) is 0 Å². The molecular formula is C21H19BrClN3O2S. The molecule has 150 valence electrons. The number of methoxy groups -OCH3 is 1. The fourth-order valence-corrected chi connectivity index (χ4v) is 5.19. The highest BCUT2D eigenvalue weighted by Gasteiger charge is 2.36. The van der Waals surface area contributed by atoms with Gasteiger partial charge in [-0.2, -0.15) is 0 Å². The summed E-state index contributed by atoms with van der Waals surface area (Å²) in [4.78, 5) is 13.3. The third-order valence-electron chi connectivity index (χ3n) is 4.78. The molecule has 0 unspecified atom stereocenters. The average Bonchev–Trinajstić information content (AvgIpc) is 3.09. The molecule has 29 heavy (non-hydrogen) atoms. The van der Waals surface area contributed by atoms with Crippen LogP contribution in [0.15, 0.2) is 64.1 Å². The minimum atomic E-state index is -0.384. The smallest absolute Gasteiger partial charge is 0.240 e. The van der Waals surface area contributed by atoms with Crippen molar-refractivity contribution in [1.29, 1.82) is 0 Å². The lowest BCUT2D eigenvalue weighted by atomic mass is 10.0. The molecule has 2 heterocycles. The Morgan fingerprint density at radius 2 is 1.97 bits per heavy atom. The molecule has 0 saturated carbocycles. The molecular weight excluding hydrogens is 474 g/mol. The number of carbonyl (C=O) groups is 1. The van der Waals surface area contributed by atoms with E-state index in [0.29, 0.717) is 10.7 Å². The number of rotatable bonds is 4. The van der Waals surface area contributed by atoms with E-state index in [1.165, 1.54) is 11.8 Å². The van der Waals surface area contributed by atoms with Gasteiger partial charge in [0.2, 0.25) is 5.91 Å². The van der Waals surface area contributed by atoms with E-state index in [-0.39, 0.29) is 17.2 Å². The van der Waals surface area contributed by atoms with Crippen molar-refractivity contribution in [2.24, 2.45) is 0 Å². The van der Waals surface area contributed by atoms with E-state index < -0.39 is 0 Å². The first-order chi connectivity index (χ1) is 14.0. The van der Waals surface area contributed by atoms with Gasteiger partial charge in [0, 0.05) is 10.2 Å². The lowest BCUT2D eigenvalue weighted by Crippen LogP contribution is -2.41. The monoisotopic (exact) mass is 491 g/mol. The van der Waals surface area contributed by atoms with Crippen molar-refractivity contribution in [3.05, 3.63) is 75.4 Å². The van der Waals surface area contributed by atoms with Gasteiger partial charge < -0.3 is 15.5 Å². The van der Waals surface area contributed by atoms with Crippen LogP contribution in [0.4, 0.5) is 5.69 Å². The SMILES string of the molecule is COc1ccc([C@H]2Nn3c(C)ccc3S[C@H]2C(=O)Nc2ccc(Br)cc2Cl)cc1. The summed E-state index contributed by atoms with van der Waals surface area (Å²) < 4.78 is 8.15. The molecule has 0 bridgehead atoms. The Morgan fingerprint density at radius 3 is 2.66 bits per heavy atom. The van der Waals surface area contributed by atoms with Crippen LogP contribution in [0.3, 0.4) is 0 Å². The van der Waals surface area contributed by atoms with Crippen LogP contribution in [0.5, 0.6) is 5.75 Å². The van der Waals surface area contributed by atoms with Crippen LogP contribution in [0.25, 0.3) is 0 Å². The number of anilines is 1. The van der Waals surface area contributed by atoms with Gasteiger partial charge in [-0.3, -0.25) is 9.47 Å². The number of ether oxygens (including phenoxy) is 1. The van der Waals surface area contributed by atoms with Gasteiger partial charge >= 0.3 is 0 Å². The zero-order valence-corrected chi connectivity index (χ0v) is 18.9. The zero-order chi connectivity index (χ0) is 20.5. The molecule has 2 aromatic carbocycles. The van der Waals surface area contributed by atoms with Crippen LogP contribution in [0, 0.1) is 6.92 Å². The maximum Gasteiger partial charge on any atom is 0.240 e. The molecule has 1 aliphatic heterocycles. The Labute approximate surface area is 186 Å². The number of nitrogens with zero attached hydrogens (tertiary/aromatic N) is 1.